The quantitative estimate of drug-likeness (QED) is 0.169. The molecule has 5 rings (SSSR count). The van der Waals surface area contributed by atoms with E-state index in [1.165, 1.54) is 54.2 Å². The number of carbonyl (C=O) groups excluding carboxylic acids is 3. The van der Waals surface area contributed by atoms with Gasteiger partial charge in [-0.05, 0) is 73.7 Å². The van der Waals surface area contributed by atoms with Crippen molar-refractivity contribution in [3.8, 4) is 10.4 Å². The Bertz CT molecular complexity index is 1480. The second-order valence-electron chi connectivity index (χ2n) is 11.8. The van der Waals surface area contributed by atoms with Crippen molar-refractivity contribution in [1.82, 2.24) is 15.5 Å². The normalized spacial score (nSPS) is 16.6. The van der Waals surface area contributed by atoms with Crippen LogP contribution in [-0.4, -0.2) is 54.3 Å². The maximum atomic E-state index is 13.4. The van der Waals surface area contributed by atoms with Crippen LogP contribution < -0.4 is 16.0 Å². The first-order chi connectivity index (χ1) is 21.1. The molecule has 0 spiro atoms. The zero-order valence-electron chi connectivity index (χ0n) is 25.9. The number of hydrogen-bond acceptors (Lipinski definition) is 8. The van der Waals surface area contributed by atoms with Crippen molar-refractivity contribution >= 4 is 35.0 Å². The van der Waals surface area contributed by atoms with Gasteiger partial charge in [0.1, 0.15) is 0 Å². The minimum Gasteiger partial charge on any atom is -0.426 e. The minimum absolute atomic E-state index is 0.0168. The largest absolute Gasteiger partial charge is 0.426 e. The van der Waals surface area contributed by atoms with E-state index in [1.807, 2.05) is 49.4 Å². The molecule has 3 N–H and O–H groups in total. The lowest BCUT2D eigenvalue weighted by molar-refractivity contribution is -0.163. The standard InChI is InChI=1S/C34H42N4O5S/c1-21-12-13-28(37-29-19-38(20-29)34(41)43-24(4)42-23(3)39)17-31(21)33(40)36-22(2)25-8-7-9-26(16-25)32-15-14-30(44-32)18-35-27-10-5-6-11-27/h7-9,12-17,22,24,27,29,35,37H,5-6,10-11,18-20H2,1-4H3,(H,36,40). The van der Waals surface area contributed by atoms with Gasteiger partial charge in [0.2, 0.25) is 6.29 Å². The van der Waals surface area contributed by atoms with Crippen molar-refractivity contribution in [3.05, 3.63) is 76.2 Å². The van der Waals surface area contributed by atoms with E-state index in [4.69, 9.17) is 9.47 Å². The Morgan fingerprint density at radius 1 is 0.977 bits per heavy atom. The summed E-state index contributed by atoms with van der Waals surface area (Å²) in [5.74, 6) is -0.649. The molecule has 0 radical (unpaired) electrons. The van der Waals surface area contributed by atoms with Gasteiger partial charge in [-0.2, -0.15) is 0 Å². The molecule has 2 unspecified atom stereocenters. The molecule has 1 aromatic heterocycles. The number of ether oxygens (including phenoxy) is 2. The van der Waals surface area contributed by atoms with Crippen molar-refractivity contribution in [2.24, 2.45) is 0 Å². The van der Waals surface area contributed by atoms with Crippen molar-refractivity contribution in [2.75, 3.05) is 18.4 Å². The summed E-state index contributed by atoms with van der Waals surface area (Å²) in [6.07, 6.45) is 3.75. The smallest absolute Gasteiger partial charge is 0.412 e. The average Bonchev–Trinajstić information content (AvgIpc) is 3.66. The fourth-order valence-corrected chi connectivity index (χ4v) is 6.66. The third kappa shape index (κ3) is 8.18. The molecule has 2 atom stereocenters. The van der Waals surface area contributed by atoms with Crippen molar-refractivity contribution in [1.29, 1.82) is 0 Å². The molecule has 2 aromatic carbocycles. The van der Waals surface area contributed by atoms with E-state index in [9.17, 15) is 14.4 Å². The Labute approximate surface area is 263 Å². The van der Waals surface area contributed by atoms with Gasteiger partial charge in [0, 0.05) is 60.5 Å². The van der Waals surface area contributed by atoms with Gasteiger partial charge in [-0.1, -0.05) is 37.1 Å². The highest BCUT2D eigenvalue weighted by Gasteiger charge is 2.33. The molecule has 1 aliphatic carbocycles. The molecule has 234 valence electrons. The topological polar surface area (TPSA) is 109 Å². The molecular formula is C34H42N4O5S. The molecule has 1 saturated heterocycles. The van der Waals surface area contributed by atoms with Crippen LogP contribution in [0.2, 0.25) is 0 Å². The van der Waals surface area contributed by atoms with E-state index in [0.29, 0.717) is 24.7 Å². The lowest BCUT2D eigenvalue weighted by Gasteiger charge is -2.39. The van der Waals surface area contributed by atoms with E-state index in [1.54, 1.807) is 0 Å². The lowest BCUT2D eigenvalue weighted by atomic mass is 10.0. The van der Waals surface area contributed by atoms with E-state index >= 15 is 0 Å². The van der Waals surface area contributed by atoms with E-state index in [-0.39, 0.29) is 18.0 Å². The summed E-state index contributed by atoms with van der Waals surface area (Å²) >= 11 is 1.82. The van der Waals surface area contributed by atoms with Crippen LogP contribution in [0.4, 0.5) is 10.5 Å². The third-order valence-electron chi connectivity index (χ3n) is 8.19. The fraction of sp³-hybridized carbons (Fsp3) is 0.441. The maximum absolute atomic E-state index is 13.4. The molecule has 2 heterocycles. The number of carbonyl (C=O) groups is 3. The SMILES string of the molecule is CC(=O)OC(C)OC(=O)N1CC(Nc2ccc(C)c(C(=O)NC(C)c3cccc(-c4ccc(CNC5CCCC5)s4)c3)c2)C1. The van der Waals surface area contributed by atoms with Crippen molar-refractivity contribution < 1.29 is 23.9 Å². The van der Waals surface area contributed by atoms with Gasteiger partial charge in [0.25, 0.3) is 5.91 Å². The number of likely N-dealkylation sites (tertiary alicyclic amines) is 1. The number of nitrogens with zero attached hydrogens (tertiary/aromatic N) is 1. The Morgan fingerprint density at radius 3 is 2.50 bits per heavy atom. The van der Waals surface area contributed by atoms with Gasteiger partial charge in [0.05, 0.1) is 12.1 Å². The summed E-state index contributed by atoms with van der Waals surface area (Å²) < 4.78 is 9.98. The number of aryl methyl sites for hydroxylation is 1. The molecule has 1 aliphatic heterocycles. The van der Waals surface area contributed by atoms with Crippen LogP contribution in [0.3, 0.4) is 0 Å². The average molecular weight is 619 g/mol. The molecule has 3 aromatic rings. The highest BCUT2D eigenvalue weighted by atomic mass is 32.1. The second-order valence-corrected chi connectivity index (χ2v) is 13.0. The molecule has 44 heavy (non-hydrogen) atoms. The summed E-state index contributed by atoms with van der Waals surface area (Å²) in [6, 6.07) is 19.0. The first-order valence-corrected chi connectivity index (χ1v) is 16.2. The number of nitrogens with one attached hydrogen (secondary N) is 3. The summed E-state index contributed by atoms with van der Waals surface area (Å²) in [5, 5.41) is 10.3. The van der Waals surface area contributed by atoms with E-state index < -0.39 is 18.4 Å². The van der Waals surface area contributed by atoms with Crippen molar-refractivity contribution in [3.63, 3.8) is 0 Å². The molecule has 0 bridgehead atoms. The van der Waals surface area contributed by atoms with Gasteiger partial charge in [-0.15, -0.1) is 11.3 Å². The van der Waals surface area contributed by atoms with Crippen LogP contribution in [0.15, 0.2) is 54.6 Å². The van der Waals surface area contributed by atoms with Crippen LogP contribution in [0.5, 0.6) is 0 Å². The van der Waals surface area contributed by atoms with Crippen LogP contribution in [-0.2, 0) is 20.8 Å². The van der Waals surface area contributed by atoms with E-state index in [0.717, 1.165) is 28.9 Å². The minimum atomic E-state index is -0.938. The van der Waals surface area contributed by atoms with Gasteiger partial charge in [-0.3, -0.25) is 9.59 Å². The number of amides is 2. The van der Waals surface area contributed by atoms with Gasteiger partial charge in [-0.25, -0.2) is 4.79 Å². The third-order valence-corrected chi connectivity index (χ3v) is 9.33. The Hall–Kier alpha value is -3.89. The van der Waals surface area contributed by atoms with Gasteiger partial charge in [0.15, 0.2) is 0 Å². The zero-order valence-corrected chi connectivity index (χ0v) is 26.7. The van der Waals surface area contributed by atoms with Gasteiger partial charge >= 0.3 is 12.1 Å². The Kier molecular flexibility index (Phi) is 10.2. The van der Waals surface area contributed by atoms with Crippen LogP contribution >= 0.6 is 11.3 Å². The number of thiophene rings is 1. The number of rotatable bonds is 11. The molecular weight excluding hydrogens is 576 g/mol. The molecule has 2 fully saturated rings. The summed E-state index contributed by atoms with van der Waals surface area (Å²) in [7, 11) is 0. The van der Waals surface area contributed by atoms with Crippen LogP contribution in [0.1, 0.15) is 78.9 Å². The first-order valence-electron chi connectivity index (χ1n) is 15.4. The highest BCUT2D eigenvalue weighted by Crippen LogP contribution is 2.31. The number of esters is 1. The predicted molar refractivity (Wildman–Crippen MR) is 173 cm³/mol. The summed E-state index contributed by atoms with van der Waals surface area (Å²) in [5.41, 5.74) is 4.48. The lowest BCUT2D eigenvalue weighted by Crippen LogP contribution is -2.57. The molecule has 1 saturated carbocycles. The number of hydrogen-bond donors (Lipinski definition) is 3. The molecule has 9 nitrogen and oxygen atoms in total. The molecule has 2 aliphatic rings. The van der Waals surface area contributed by atoms with Gasteiger partial charge < -0.3 is 30.3 Å². The summed E-state index contributed by atoms with van der Waals surface area (Å²) in [4.78, 5) is 40.7. The first kappa shape index (κ1) is 31.5. The van der Waals surface area contributed by atoms with Crippen molar-refractivity contribution in [2.45, 2.75) is 84.3 Å². The maximum Gasteiger partial charge on any atom is 0.412 e. The fourth-order valence-electron chi connectivity index (χ4n) is 5.71. The second kappa shape index (κ2) is 14.3. The molecule has 2 amide bonds. The zero-order chi connectivity index (χ0) is 31.2. The highest BCUT2D eigenvalue weighted by molar-refractivity contribution is 7.15. The Morgan fingerprint density at radius 2 is 1.75 bits per heavy atom. The van der Waals surface area contributed by atoms with Crippen LogP contribution in [0, 0.1) is 6.92 Å². The number of benzene rings is 2. The predicted octanol–water partition coefficient (Wildman–Crippen LogP) is 6.39. The van der Waals surface area contributed by atoms with Crippen LogP contribution in [0.25, 0.3) is 10.4 Å². The number of anilines is 1. The molecule has 10 heteroatoms. The Balaban J connectivity index is 1.14. The summed E-state index contributed by atoms with van der Waals surface area (Å²) in [6.45, 7) is 8.49. The monoisotopic (exact) mass is 618 g/mol. The van der Waals surface area contributed by atoms with E-state index in [2.05, 4.69) is 46.3 Å².